The third-order valence-electron chi connectivity index (χ3n) is 3.30. The third kappa shape index (κ3) is 2.79. The van der Waals surface area contributed by atoms with Gasteiger partial charge in [0.15, 0.2) is 0 Å². The van der Waals surface area contributed by atoms with Crippen LogP contribution in [0.5, 0.6) is 0 Å². The molecule has 2 rings (SSSR count). The Labute approximate surface area is 106 Å². The zero-order valence-electron chi connectivity index (χ0n) is 9.79. The van der Waals surface area contributed by atoms with Crippen molar-refractivity contribution in [1.82, 2.24) is 5.32 Å². The van der Waals surface area contributed by atoms with Crippen LogP contribution < -0.4 is 5.32 Å². The van der Waals surface area contributed by atoms with Crippen molar-refractivity contribution in [2.45, 2.75) is 31.8 Å². The number of halogens is 1. The van der Waals surface area contributed by atoms with Crippen molar-refractivity contribution in [3.8, 4) is 0 Å². The van der Waals surface area contributed by atoms with Gasteiger partial charge in [0.2, 0.25) is 0 Å². The van der Waals surface area contributed by atoms with Crippen molar-refractivity contribution in [1.29, 1.82) is 0 Å². The summed E-state index contributed by atoms with van der Waals surface area (Å²) in [5.74, 6) is -0.153. The fraction of sp³-hybridized carbons (Fsp3) is 0.462. The van der Waals surface area contributed by atoms with Crippen LogP contribution in [0.4, 0.5) is 0 Å². The average molecular weight is 254 g/mol. The summed E-state index contributed by atoms with van der Waals surface area (Å²) in [5, 5.41) is 13.3. The highest BCUT2D eigenvalue weighted by Crippen LogP contribution is 2.30. The van der Waals surface area contributed by atoms with Crippen molar-refractivity contribution in [3.05, 3.63) is 34.3 Å². The van der Waals surface area contributed by atoms with Crippen LogP contribution >= 0.6 is 11.6 Å². The summed E-state index contributed by atoms with van der Waals surface area (Å²) in [6, 6.07) is 5.16. The van der Waals surface area contributed by atoms with Gasteiger partial charge in [-0.15, -0.1) is 0 Å². The maximum Gasteiger partial charge on any atom is 0.251 e. The van der Waals surface area contributed by atoms with Gasteiger partial charge >= 0.3 is 0 Å². The zero-order valence-corrected chi connectivity index (χ0v) is 10.5. The highest BCUT2D eigenvalue weighted by molar-refractivity contribution is 6.30. The monoisotopic (exact) mass is 253 g/mol. The second-order valence-electron chi connectivity index (χ2n) is 4.72. The maximum absolute atomic E-state index is 11.9. The van der Waals surface area contributed by atoms with Crippen molar-refractivity contribution in [2.24, 2.45) is 0 Å². The first-order chi connectivity index (χ1) is 8.00. The Morgan fingerprint density at radius 2 is 2.24 bits per heavy atom. The highest BCUT2D eigenvalue weighted by atomic mass is 35.5. The molecule has 0 aliphatic heterocycles. The van der Waals surface area contributed by atoms with Crippen LogP contribution in [0.25, 0.3) is 0 Å². The molecule has 1 aliphatic carbocycles. The number of rotatable bonds is 3. The fourth-order valence-electron chi connectivity index (χ4n) is 1.98. The molecule has 0 saturated heterocycles. The predicted octanol–water partition coefficient (Wildman–Crippen LogP) is 2.29. The lowest BCUT2D eigenvalue weighted by Gasteiger charge is -2.36. The first-order valence-corrected chi connectivity index (χ1v) is 6.15. The number of nitrogens with one attached hydrogen (secondary N) is 1. The Morgan fingerprint density at radius 3 is 2.76 bits per heavy atom. The van der Waals surface area contributed by atoms with Gasteiger partial charge in [0, 0.05) is 17.1 Å². The van der Waals surface area contributed by atoms with Crippen LogP contribution in [0.15, 0.2) is 18.2 Å². The molecule has 1 amide bonds. The largest absolute Gasteiger partial charge is 0.388 e. The fourth-order valence-corrected chi connectivity index (χ4v) is 2.21. The lowest BCUT2D eigenvalue weighted by molar-refractivity contribution is -0.0300. The topological polar surface area (TPSA) is 49.3 Å². The molecule has 3 nitrogen and oxygen atoms in total. The highest BCUT2D eigenvalue weighted by Gasteiger charge is 2.34. The van der Waals surface area contributed by atoms with E-state index in [1.807, 2.05) is 6.92 Å². The minimum absolute atomic E-state index is 0.153. The van der Waals surface area contributed by atoms with Gasteiger partial charge in [0.1, 0.15) is 0 Å². The number of hydrogen-bond acceptors (Lipinski definition) is 2. The van der Waals surface area contributed by atoms with Crippen molar-refractivity contribution < 1.29 is 9.90 Å². The van der Waals surface area contributed by atoms with Gasteiger partial charge in [0.05, 0.1) is 5.60 Å². The van der Waals surface area contributed by atoms with E-state index < -0.39 is 5.60 Å². The van der Waals surface area contributed by atoms with E-state index in [-0.39, 0.29) is 5.91 Å². The minimum atomic E-state index is -0.685. The molecular weight excluding hydrogens is 238 g/mol. The van der Waals surface area contributed by atoms with Crippen molar-refractivity contribution in [3.63, 3.8) is 0 Å². The van der Waals surface area contributed by atoms with Crippen molar-refractivity contribution >= 4 is 17.5 Å². The molecule has 1 aromatic rings. The Morgan fingerprint density at radius 1 is 1.53 bits per heavy atom. The molecule has 17 heavy (non-hydrogen) atoms. The van der Waals surface area contributed by atoms with Crippen LogP contribution in [0.2, 0.25) is 5.02 Å². The quantitative estimate of drug-likeness (QED) is 0.868. The number of aliphatic hydroxyl groups is 1. The van der Waals surface area contributed by atoms with E-state index in [1.54, 1.807) is 18.2 Å². The van der Waals surface area contributed by atoms with Gasteiger partial charge in [-0.3, -0.25) is 4.79 Å². The van der Waals surface area contributed by atoms with Crippen LogP contribution in [0.1, 0.15) is 35.2 Å². The van der Waals surface area contributed by atoms with Gasteiger partial charge in [-0.05, 0) is 49.9 Å². The molecule has 0 atom stereocenters. The normalized spacial score (nSPS) is 17.4. The molecule has 0 heterocycles. The van der Waals surface area contributed by atoms with E-state index in [9.17, 15) is 9.90 Å². The summed E-state index contributed by atoms with van der Waals surface area (Å²) in [6.45, 7) is 2.17. The second kappa shape index (κ2) is 4.67. The van der Waals surface area contributed by atoms with E-state index >= 15 is 0 Å². The first-order valence-electron chi connectivity index (χ1n) is 5.77. The van der Waals surface area contributed by atoms with E-state index in [0.717, 1.165) is 24.8 Å². The first kappa shape index (κ1) is 12.4. The standard InChI is InChI=1S/C13H16ClNO2/c1-9-7-10(14)3-4-11(9)12(16)15-8-13(17)5-2-6-13/h3-4,7,17H,2,5-6,8H2,1H3,(H,15,16). The van der Waals surface area contributed by atoms with Crippen molar-refractivity contribution in [2.75, 3.05) is 6.54 Å². The number of benzene rings is 1. The Balaban J connectivity index is 1.99. The molecule has 4 heteroatoms. The Kier molecular flexibility index (Phi) is 3.40. The molecule has 1 saturated carbocycles. The molecule has 0 unspecified atom stereocenters. The van der Waals surface area contributed by atoms with Crippen LogP contribution in [0, 0.1) is 6.92 Å². The number of carbonyl (C=O) groups excluding carboxylic acids is 1. The SMILES string of the molecule is Cc1cc(Cl)ccc1C(=O)NCC1(O)CCC1. The van der Waals surface area contributed by atoms with Gasteiger partial charge < -0.3 is 10.4 Å². The Bertz CT molecular complexity index is 441. The summed E-state index contributed by atoms with van der Waals surface area (Å²) in [6.07, 6.45) is 2.58. The summed E-state index contributed by atoms with van der Waals surface area (Å²) < 4.78 is 0. The molecular formula is C13H16ClNO2. The van der Waals surface area contributed by atoms with Crippen LogP contribution in [-0.2, 0) is 0 Å². The number of carbonyl (C=O) groups is 1. The van der Waals surface area contributed by atoms with E-state index in [1.165, 1.54) is 0 Å². The van der Waals surface area contributed by atoms with Gasteiger partial charge in [-0.1, -0.05) is 11.6 Å². The smallest absolute Gasteiger partial charge is 0.251 e. The molecule has 1 fully saturated rings. The van der Waals surface area contributed by atoms with E-state index in [2.05, 4.69) is 5.32 Å². The third-order valence-corrected chi connectivity index (χ3v) is 3.53. The predicted molar refractivity (Wildman–Crippen MR) is 67.3 cm³/mol. The van der Waals surface area contributed by atoms with Crippen LogP contribution in [-0.4, -0.2) is 23.2 Å². The number of amides is 1. The summed E-state index contributed by atoms with van der Waals surface area (Å²) >= 11 is 5.83. The lowest BCUT2D eigenvalue weighted by Crippen LogP contribution is -2.47. The maximum atomic E-state index is 11.9. The average Bonchev–Trinajstić information content (AvgIpc) is 2.23. The molecule has 92 valence electrons. The molecule has 0 spiro atoms. The minimum Gasteiger partial charge on any atom is -0.388 e. The molecule has 0 bridgehead atoms. The van der Waals surface area contributed by atoms with E-state index in [4.69, 9.17) is 11.6 Å². The van der Waals surface area contributed by atoms with Gasteiger partial charge in [-0.2, -0.15) is 0 Å². The molecule has 1 aliphatic rings. The van der Waals surface area contributed by atoms with Crippen LogP contribution in [0.3, 0.4) is 0 Å². The lowest BCUT2D eigenvalue weighted by atomic mass is 9.80. The summed E-state index contributed by atoms with van der Waals surface area (Å²) in [5.41, 5.74) is 0.767. The van der Waals surface area contributed by atoms with E-state index in [0.29, 0.717) is 17.1 Å². The Hall–Kier alpha value is -1.06. The summed E-state index contributed by atoms with van der Waals surface area (Å²) in [7, 11) is 0. The summed E-state index contributed by atoms with van der Waals surface area (Å²) in [4.78, 5) is 11.9. The molecule has 0 aromatic heterocycles. The van der Waals surface area contributed by atoms with Gasteiger partial charge in [0.25, 0.3) is 5.91 Å². The molecule has 2 N–H and O–H groups in total. The number of hydrogen-bond donors (Lipinski definition) is 2. The molecule has 1 aromatic carbocycles. The zero-order chi connectivity index (χ0) is 12.5. The second-order valence-corrected chi connectivity index (χ2v) is 5.16. The van der Waals surface area contributed by atoms with Gasteiger partial charge in [-0.25, -0.2) is 0 Å². The molecule has 0 radical (unpaired) electrons. The number of aryl methyl sites for hydroxylation is 1.